The molecule has 5 heteroatoms. The molecule has 0 spiro atoms. The number of aryl methyl sites for hydroxylation is 2. The molecular weight excluding hydrogens is 338 g/mol. The highest BCUT2D eigenvalue weighted by Gasteiger charge is 2.16. The number of fused-ring (bicyclic) bond motifs is 1. The maximum Gasteiger partial charge on any atom is 0.255 e. The van der Waals surface area contributed by atoms with Crippen LogP contribution in [0.25, 0.3) is 0 Å². The second-order valence-corrected chi connectivity index (χ2v) is 6.90. The molecule has 0 saturated heterocycles. The Kier molecular flexibility index (Phi) is 5.79. The predicted octanol–water partition coefficient (Wildman–Crippen LogP) is 4.37. The minimum absolute atomic E-state index is 0.0369. The van der Waals surface area contributed by atoms with E-state index in [4.69, 9.17) is 0 Å². The summed E-state index contributed by atoms with van der Waals surface area (Å²) in [7, 11) is 0. The van der Waals surface area contributed by atoms with Gasteiger partial charge in [-0.25, -0.2) is 0 Å². The van der Waals surface area contributed by atoms with Gasteiger partial charge in [-0.15, -0.1) is 0 Å². The highest BCUT2D eigenvalue weighted by molar-refractivity contribution is 6.05. The summed E-state index contributed by atoms with van der Waals surface area (Å²) in [4.78, 5) is 26.7. The molecule has 0 bridgehead atoms. The number of rotatable bonds is 5. The molecular formula is C22H27N3O2. The van der Waals surface area contributed by atoms with E-state index in [2.05, 4.69) is 35.4 Å². The Morgan fingerprint density at radius 2 is 1.89 bits per heavy atom. The molecule has 1 heterocycles. The fraction of sp³-hybridized carbons (Fsp3) is 0.364. The van der Waals surface area contributed by atoms with E-state index in [1.807, 2.05) is 31.2 Å². The van der Waals surface area contributed by atoms with Gasteiger partial charge in [-0.05, 0) is 81.1 Å². The Hall–Kier alpha value is -2.82. The number of nitrogens with zero attached hydrogens (tertiary/aromatic N) is 1. The molecule has 5 nitrogen and oxygen atoms in total. The Labute approximate surface area is 160 Å². The number of nitrogens with one attached hydrogen (secondary N) is 2. The molecule has 1 aliphatic rings. The van der Waals surface area contributed by atoms with Crippen molar-refractivity contribution in [3.05, 3.63) is 53.1 Å². The summed E-state index contributed by atoms with van der Waals surface area (Å²) in [5, 5.41) is 5.91. The Morgan fingerprint density at radius 1 is 1.11 bits per heavy atom. The summed E-state index contributed by atoms with van der Waals surface area (Å²) < 4.78 is 0. The number of benzene rings is 2. The molecule has 0 atom stereocenters. The molecule has 1 aliphatic heterocycles. The number of carbonyl (C=O) groups excluding carboxylic acids is 2. The van der Waals surface area contributed by atoms with Crippen LogP contribution < -0.4 is 15.5 Å². The summed E-state index contributed by atoms with van der Waals surface area (Å²) in [5.41, 5.74) is 5.46. The third-order valence-corrected chi connectivity index (χ3v) is 5.08. The Morgan fingerprint density at radius 3 is 2.59 bits per heavy atom. The van der Waals surface area contributed by atoms with Crippen LogP contribution in [0.4, 0.5) is 17.1 Å². The van der Waals surface area contributed by atoms with Crippen molar-refractivity contribution in [3.63, 3.8) is 0 Å². The van der Waals surface area contributed by atoms with Crippen LogP contribution in [-0.2, 0) is 11.2 Å². The average Bonchev–Trinajstić information content (AvgIpc) is 2.84. The summed E-state index contributed by atoms with van der Waals surface area (Å²) in [6.07, 6.45) is 2.12. The molecule has 2 aromatic rings. The average molecular weight is 365 g/mol. The van der Waals surface area contributed by atoms with Gasteiger partial charge in [0.25, 0.3) is 5.91 Å². The lowest BCUT2D eigenvalue weighted by molar-refractivity contribution is -0.116. The van der Waals surface area contributed by atoms with Crippen LogP contribution in [0.5, 0.6) is 0 Å². The molecule has 27 heavy (non-hydrogen) atoms. The predicted molar refractivity (Wildman–Crippen MR) is 111 cm³/mol. The van der Waals surface area contributed by atoms with Crippen LogP contribution in [0, 0.1) is 6.92 Å². The topological polar surface area (TPSA) is 61.4 Å². The second-order valence-electron chi connectivity index (χ2n) is 6.90. The van der Waals surface area contributed by atoms with Gasteiger partial charge in [-0.3, -0.25) is 9.59 Å². The van der Waals surface area contributed by atoms with E-state index in [1.54, 1.807) is 6.07 Å². The zero-order chi connectivity index (χ0) is 19.4. The van der Waals surface area contributed by atoms with Crippen LogP contribution in [-0.4, -0.2) is 24.9 Å². The lowest BCUT2D eigenvalue weighted by Gasteiger charge is -2.22. The van der Waals surface area contributed by atoms with Gasteiger partial charge < -0.3 is 15.5 Å². The molecule has 0 saturated carbocycles. The summed E-state index contributed by atoms with van der Waals surface area (Å²) in [6, 6.07) is 11.6. The monoisotopic (exact) mass is 365 g/mol. The van der Waals surface area contributed by atoms with E-state index in [-0.39, 0.29) is 11.8 Å². The van der Waals surface area contributed by atoms with Gasteiger partial charge in [-0.2, -0.15) is 0 Å². The first kappa shape index (κ1) is 19.0. The van der Waals surface area contributed by atoms with Crippen LogP contribution >= 0.6 is 0 Å². The minimum Gasteiger partial charge on any atom is -0.372 e. The number of hydrogen-bond acceptors (Lipinski definition) is 3. The molecule has 2 aromatic carbocycles. The first-order valence-corrected chi connectivity index (χ1v) is 9.61. The number of amides is 2. The van der Waals surface area contributed by atoms with E-state index in [1.165, 1.54) is 0 Å². The standard InChI is InChI=1S/C22H27N3O2/c1-4-25(5-2)18-10-12-19(15(3)13-18)24-22(27)17-9-11-20-16(14-17)7-6-8-21(26)23-20/h9-14H,4-8H2,1-3H3,(H,23,26)(H,24,27). The van der Waals surface area contributed by atoms with E-state index in [0.29, 0.717) is 12.0 Å². The molecule has 0 aliphatic carbocycles. The maximum absolute atomic E-state index is 12.7. The minimum atomic E-state index is -0.132. The Bertz CT molecular complexity index is 857. The van der Waals surface area contributed by atoms with Gasteiger partial charge in [0.15, 0.2) is 0 Å². The third kappa shape index (κ3) is 4.30. The van der Waals surface area contributed by atoms with Crippen molar-refractivity contribution < 1.29 is 9.59 Å². The van der Waals surface area contributed by atoms with Crippen molar-refractivity contribution in [2.45, 2.75) is 40.0 Å². The fourth-order valence-corrected chi connectivity index (χ4v) is 3.48. The number of carbonyl (C=O) groups is 2. The van der Waals surface area contributed by atoms with Crippen molar-refractivity contribution in [2.24, 2.45) is 0 Å². The largest absolute Gasteiger partial charge is 0.372 e. The zero-order valence-electron chi connectivity index (χ0n) is 16.3. The second kappa shape index (κ2) is 8.25. The van der Waals surface area contributed by atoms with Gasteiger partial charge in [0, 0.05) is 42.1 Å². The van der Waals surface area contributed by atoms with Gasteiger partial charge in [-0.1, -0.05) is 0 Å². The molecule has 2 N–H and O–H groups in total. The first-order valence-electron chi connectivity index (χ1n) is 9.61. The van der Waals surface area contributed by atoms with E-state index in [9.17, 15) is 9.59 Å². The van der Waals surface area contributed by atoms with Gasteiger partial charge >= 0.3 is 0 Å². The molecule has 0 unspecified atom stereocenters. The van der Waals surface area contributed by atoms with Crippen LogP contribution in [0.15, 0.2) is 36.4 Å². The van der Waals surface area contributed by atoms with E-state index >= 15 is 0 Å². The van der Waals surface area contributed by atoms with Crippen LogP contribution in [0.1, 0.15) is 48.2 Å². The van der Waals surface area contributed by atoms with Crippen molar-refractivity contribution in [1.29, 1.82) is 0 Å². The molecule has 3 rings (SSSR count). The van der Waals surface area contributed by atoms with E-state index < -0.39 is 0 Å². The number of hydrogen-bond donors (Lipinski definition) is 2. The fourth-order valence-electron chi connectivity index (χ4n) is 3.48. The smallest absolute Gasteiger partial charge is 0.255 e. The summed E-state index contributed by atoms with van der Waals surface area (Å²) in [5.74, 6) is -0.0954. The summed E-state index contributed by atoms with van der Waals surface area (Å²) >= 11 is 0. The van der Waals surface area contributed by atoms with Crippen molar-refractivity contribution in [3.8, 4) is 0 Å². The lowest BCUT2D eigenvalue weighted by atomic mass is 10.0. The van der Waals surface area contributed by atoms with Crippen LogP contribution in [0.2, 0.25) is 0 Å². The Balaban J connectivity index is 1.78. The molecule has 142 valence electrons. The zero-order valence-corrected chi connectivity index (χ0v) is 16.3. The SMILES string of the molecule is CCN(CC)c1ccc(NC(=O)c2ccc3c(c2)CCCC(=O)N3)c(C)c1. The van der Waals surface area contributed by atoms with Crippen molar-refractivity contribution >= 4 is 28.9 Å². The molecule has 2 amide bonds. The quantitative estimate of drug-likeness (QED) is 0.827. The van der Waals surface area contributed by atoms with E-state index in [0.717, 1.165) is 54.1 Å². The molecule has 0 aromatic heterocycles. The highest BCUT2D eigenvalue weighted by atomic mass is 16.2. The highest BCUT2D eigenvalue weighted by Crippen LogP contribution is 2.26. The van der Waals surface area contributed by atoms with Gasteiger partial charge in [0.05, 0.1) is 0 Å². The van der Waals surface area contributed by atoms with Crippen LogP contribution in [0.3, 0.4) is 0 Å². The first-order chi connectivity index (χ1) is 13.0. The number of anilines is 3. The normalized spacial score (nSPS) is 13.4. The van der Waals surface area contributed by atoms with Gasteiger partial charge in [0.1, 0.15) is 0 Å². The maximum atomic E-state index is 12.7. The molecule has 0 radical (unpaired) electrons. The van der Waals surface area contributed by atoms with Gasteiger partial charge in [0.2, 0.25) is 5.91 Å². The van der Waals surface area contributed by atoms with Crippen molar-refractivity contribution in [2.75, 3.05) is 28.6 Å². The third-order valence-electron chi connectivity index (χ3n) is 5.08. The summed E-state index contributed by atoms with van der Waals surface area (Å²) in [6.45, 7) is 8.18. The van der Waals surface area contributed by atoms with Crippen molar-refractivity contribution in [1.82, 2.24) is 0 Å². The molecule has 0 fully saturated rings. The lowest BCUT2D eigenvalue weighted by Crippen LogP contribution is -2.22.